The normalized spacial score (nSPS) is 10.0. The van der Waals surface area contributed by atoms with Crippen molar-refractivity contribution in [3.63, 3.8) is 0 Å². The van der Waals surface area contributed by atoms with E-state index in [1.54, 1.807) is 36.4 Å². The maximum atomic E-state index is 11.7. The molecule has 4 nitrogen and oxygen atoms in total. The number of carbonyl (C=O) groups excluding carboxylic acids is 2. The largest absolute Gasteiger partial charge is 0.481 e. The highest BCUT2D eigenvalue weighted by Gasteiger charge is 2.10. The van der Waals surface area contributed by atoms with Crippen molar-refractivity contribution >= 4 is 44.1 Å². The molecule has 0 radical (unpaired) electrons. The van der Waals surface area contributed by atoms with Gasteiger partial charge >= 0.3 is 5.97 Å². The van der Waals surface area contributed by atoms with Gasteiger partial charge in [0, 0.05) is 4.47 Å². The van der Waals surface area contributed by atoms with Crippen molar-refractivity contribution < 1.29 is 19.1 Å². The molecule has 0 saturated carbocycles. The molecule has 0 aromatic heterocycles. The van der Waals surface area contributed by atoms with Crippen molar-refractivity contribution in [2.24, 2.45) is 0 Å². The van der Waals surface area contributed by atoms with Crippen LogP contribution < -0.4 is 9.47 Å². The van der Waals surface area contributed by atoms with Gasteiger partial charge in [-0.2, -0.15) is 0 Å². The van der Waals surface area contributed by atoms with Crippen LogP contribution in [0.4, 0.5) is 0 Å². The molecule has 0 atom stereocenters. The number of carbonyl (C=O) groups is 2. The van der Waals surface area contributed by atoms with Crippen LogP contribution in [0.1, 0.15) is 10.4 Å². The van der Waals surface area contributed by atoms with E-state index in [0.29, 0.717) is 17.6 Å². The van der Waals surface area contributed by atoms with Crippen LogP contribution >= 0.6 is 31.9 Å². The summed E-state index contributed by atoms with van der Waals surface area (Å²) in [5.41, 5.74) is 0.315. The SMILES string of the molecule is O=Cc1ccccc1OC(=O)COc1ccc(Br)cc1Br. The summed E-state index contributed by atoms with van der Waals surface area (Å²) in [7, 11) is 0. The van der Waals surface area contributed by atoms with Crippen molar-refractivity contribution in [3.8, 4) is 11.5 Å². The molecule has 2 aromatic rings. The summed E-state index contributed by atoms with van der Waals surface area (Å²) in [6, 6.07) is 11.8. The Bertz CT molecular complexity index is 670. The van der Waals surface area contributed by atoms with Crippen LogP contribution in [0.15, 0.2) is 51.4 Å². The van der Waals surface area contributed by atoms with Gasteiger partial charge in [-0.1, -0.05) is 28.1 Å². The van der Waals surface area contributed by atoms with Crippen molar-refractivity contribution in [3.05, 3.63) is 57.0 Å². The highest BCUT2D eigenvalue weighted by atomic mass is 79.9. The molecule has 0 unspecified atom stereocenters. The van der Waals surface area contributed by atoms with Crippen LogP contribution in [0.2, 0.25) is 0 Å². The topological polar surface area (TPSA) is 52.6 Å². The smallest absolute Gasteiger partial charge is 0.349 e. The van der Waals surface area contributed by atoms with Gasteiger partial charge in [0.15, 0.2) is 12.9 Å². The van der Waals surface area contributed by atoms with Crippen molar-refractivity contribution in [2.45, 2.75) is 0 Å². The number of halogens is 2. The zero-order chi connectivity index (χ0) is 15.2. The molecule has 0 N–H and O–H groups in total. The van der Waals surface area contributed by atoms with E-state index in [0.717, 1.165) is 8.95 Å². The molecule has 0 saturated heterocycles. The monoisotopic (exact) mass is 412 g/mol. The van der Waals surface area contributed by atoms with E-state index in [1.165, 1.54) is 0 Å². The van der Waals surface area contributed by atoms with Gasteiger partial charge in [-0.3, -0.25) is 4.79 Å². The van der Waals surface area contributed by atoms with Crippen LogP contribution in [-0.2, 0) is 4.79 Å². The molecular formula is C15H10Br2O4. The minimum Gasteiger partial charge on any atom is -0.481 e. The third kappa shape index (κ3) is 4.41. The van der Waals surface area contributed by atoms with Gasteiger partial charge in [0.25, 0.3) is 0 Å². The highest BCUT2D eigenvalue weighted by Crippen LogP contribution is 2.28. The number of ether oxygens (including phenoxy) is 2. The second-order valence-electron chi connectivity index (χ2n) is 3.99. The summed E-state index contributed by atoms with van der Waals surface area (Å²) in [4.78, 5) is 22.6. The lowest BCUT2D eigenvalue weighted by Gasteiger charge is -2.09. The zero-order valence-electron chi connectivity index (χ0n) is 10.7. The van der Waals surface area contributed by atoms with E-state index in [9.17, 15) is 9.59 Å². The number of hydrogen-bond donors (Lipinski definition) is 0. The Morgan fingerprint density at radius 2 is 1.86 bits per heavy atom. The lowest BCUT2D eigenvalue weighted by molar-refractivity contribution is -0.136. The van der Waals surface area contributed by atoms with Gasteiger partial charge in [-0.25, -0.2) is 4.79 Å². The molecule has 2 rings (SSSR count). The van der Waals surface area contributed by atoms with Crippen molar-refractivity contribution in [2.75, 3.05) is 6.61 Å². The van der Waals surface area contributed by atoms with Gasteiger partial charge in [-0.15, -0.1) is 0 Å². The van der Waals surface area contributed by atoms with E-state index in [2.05, 4.69) is 31.9 Å². The Balaban J connectivity index is 1.97. The van der Waals surface area contributed by atoms with E-state index in [4.69, 9.17) is 9.47 Å². The van der Waals surface area contributed by atoms with Crippen molar-refractivity contribution in [1.29, 1.82) is 0 Å². The Labute approximate surface area is 138 Å². The van der Waals surface area contributed by atoms with E-state index >= 15 is 0 Å². The minimum atomic E-state index is -0.584. The predicted octanol–water partition coefficient (Wildman–Crippen LogP) is 4.01. The predicted molar refractivity (Wildman–Crippen MR) is 84.8 cm³/mol. The first-order valence-corrected chi connectivity index (χ1v) is 7.51. The first-order chi connectivity index (χ1) is 10.1. The number of para-hydroxylation sites is 1. The second kappa shape index (κ2) is 7.38. The molecule has 0 bridgehead atoms. The minimum absolute atomic E-state index is 0.218. The lowest BCUT2D eigenvalue weighted by atomic mass is 10.2. The summed E-state index contributed by atoms with van der Waals surface area (Å²) in [6.45, 7) is -0.257. The van der Waals surface area contributed by atoms with Crippen LogP contribution in [0.5, 0.6) is 11.5 Å². The summed E-state index contributed by atoms with van der Waals surface area (Å²) >= 11 is 6.66. The molecule has 0 amide bonds. The molecular weight excluding hydrogens is 404 g/mol. The summed E-state index contributed by atoms with van der Waals surface area (Å²) in [6.07, 6.45) is 0.634. The first-order valence-electron chi connectivity index (χ1n) is 5.93. The molecule has 108 valence electrons. The third-order valence-electron chi connectivity index (χ3n) is 2.51. The fourth-order valence-electron chi connectivity index (χ4n) is 1.55. The lowest BCUT2D eigenvalue weighted by Crippen LogP contribution is -2.18. The Hall–Kier alpha value is -1.66. The van der Waals surface area contributed by atoms with Crippen LogP contribution in [0.25, 0.3) is 0 Å². The molecule has 0 spiro atoms. The Kier molecular flexibility index (Phi) is 5.52. The van der Waals surface area contributed by atoms with Gasteiger partial charge in [0.2, 0.25) is 0 Å². The molecule has 0 aliphatic rings. The standard InChI is InChI=1S/C15H10Br2O4/c16-11-5-6-14(12(17)7-11)20-9-15(19)21-13-4-2-1-3-10(13)8-18/h1-8H,9H2. The maximum Gasteiger partial charge on any atom is 0.349 e. The van der Waals surface area contributed by atoms with Crippen LogP contribution in [0, 0.1) is 0 Å². The summed E-state index contributed by atoms with van der Waals surface area (Å²) in [5.74, 6) is 0.161. The number of aldehydes is 1. The van der Waals surface area contributed by atoms with Gasteiger partial charge in [-0.05, 0) is 46.3 Å². The number of benzene rings is 2. The average Bonchev–Trinajstić information content (AvgIpc) is 2.47. The molecule has 0 aliphatic heterocycles. The molecule has 0 fully saturated rings. The van der Waals surface area contributed by atoms with Crippen molar-refractivity contribution in [1.82, 2.24) is 0 Å². The zero-order valence-corrected chi connectivity index (χ0v) is 13.9. The Morgan fingerprint density at radius 1 is 1.10 bits per heavy atom. The van der Waals surface area contributed by atoms with Crippen LogP contribution in [-0.4, -0.2) is 18.9 Å². The quantitative estimate of drug-likeness (QED) is 0.422. The highest BCUT2D eigenvalue weighted by molar-refractivity contribution is 9.11. The summed E-state index contributed by atoms with van der Waals surface area (Å²) in [5, 5.41) is 0. The average molecular weight is 414 g/mol. The Morgan fingerprint density at radius 3 is 2.57 bits per heavy atom. The molecule has 0 heterocycles. The number of rotatable bonds is 5. The maximum absolute atomic E-state index is 11.7. The van der Waals surface area contributed by atoms with E-state index in [1.807, 2.05) is 6.07 Å². The molecule has 21 heavy (non-hydrogen) atoms. The fraction of sp³-hybridized carbons (Fsp3) is 0.0667. The molecule has 6 heteroatoms. The molecule has 2 aromatic carbocycles. The number of esters is 1. The molecule has 0 aliphatic carbocycles. The van der Waals surface area contributed by atoms with Gasteiger partial charge in [0.05, 0.1) is 10.0 Å². The van der Waals surface area contributed by atoms with E-state index in [-0.39, 0.29) is 12.4 Å². The number of hydrogen-bond acceptors (Lipinski definition) is 4. The summed E-state index contributed by atoms with van der Waals surface area (Å²) < 4.78 is 12.1. The van der Waals surface area contributed by atoms with Gasteiger partial charge in [0.1, 0.15) is 11.5 Å². The van der Waals surface area contributed by atoms with Crippen LogP contribution in [0.3, 0.4) is 0 Å². The third-order valence-corrected chi connectivity index (χ3v) is 3.62. The first kappa shape index (κ1) is 15.7. The van der Waals surface area contributed by atoms with E-state index < -0.39 is 5.97 Å². The second-order valence-corrected chi connectivity index (χ2v) is 5.76. The van der Waals surface area contributed by atoms with Gasteiger partial charge < -0.3 is 9.47 Å². The fourth-order valence-corrected chi connectivity index (χ4v) is 2.71.